The molecule has 0 spiro atoms. The highest BCUT2D eigenvalue weighted by Crippen LogP contribution is 2.33. The predicted molar refractivity (Wildman–Crippen MR) is 83.2 cm³/mol. The maximum atomic E-state index is 14.4. The molecule has 0 saturated carbocycles. The van der Waals surface area contributed by atoms with E-state index in [1.54, 1.807) is 13.0 Å². The minimum atomic E-state index is -0.520. The second-order valence-electron chi connectivity index (χ2n) is 5.32. The summed E-state index contributed by atoms with van der Waals surface area (Å²) in [4.78, 5) is 0. The van der Waals surface area contributed by atoms with Gasteiger partial charge in [-0.2, -0.15) is 0 Å². The minimum absolute atomic E-state index is 0.0421. The number of nitrogens with one attached hydrogen (secondary N) is 1. The third-order valence-electron chi connectivity index (χ3n) is 3.68. The highest BCUT2D eigenvalue weighted by molar-refractivity contribution is 5.70. The molecule has 0 radical (unpaired) electrons. The Labute approximate surface area is 125 Å². The first-order valence-corrected chi connectivity index (χ1v) is 7.33. The first-order valence-electron chi connectivity index (χ1n) is 7.33. The van der Waals surface area contributed by atoms with Crippen molar-refractivity contribution in [2.24, 2.45) is 0 Å². The Balaban J connectivity index is 2.53. The van der Waals surface area contributed by atoms with Crippen molar-refractivity contribution in [1.29, 1.82) is 0 Å². The molecule has 112 valence electrons. The molecule has 1 atom stereocenters. The maximum absolute atomic E-state index is 14.4. The lowest BCUT2D eigenvalue weighted by atomic mass is 9.93. The van der Waals surface area contributed by atoms with E-state index in [4.69, 9.17) is 0 Å². The van der Waals surface area contributed by atoms with Crippen LogP contribution in [-0.4, -0.2) is 6.54 Å². The van der Waals surface area contributed by atoms with E-state index in [1.807, 2.05) is 25.1 Å². The third-order valence-corrected chi connectivity index (χ3v) is 3.68. The average molecular weight is 289 g/mol. The molecule has 0 aliphatic heterocycles. The first kappa shape index (κ1) is 15.6. The van der Waals surface area contributed by atoms with E-state index in [-0.39, 0.29) is 11.6 Å². The van der Waals surface area contributed by atoms with Gasteiger partial charge in [-0.05, 0) is 49.6 Å². The normalized spacial score (nSPS) is 12.4. The van der Waals surface area contributed by atoms with Crippen LogP contribution in [0, 0.1) is 18.6 Å². The van der Waals surface area contributed by atoms with Crippen LogP contribution >= 0.6 is 0 Å². The zero-order chi connectivity index (χ0) is 15.4. The molecule has 0 aromatic heterocycles. The molecule has 3 heteroatoms. The van der Waals surface area contributed by atoms with Gasteiger partial charge in [0.25, 0.3) is 0 Å². The molecular weight excluding hydrogens is 268 g/mol. The van der Waals surface area contributed by atoms with Crippen LogP contribution in [0.15, 0.2) is 36.4 Å². The van der Waals surface area contributed by atoms with Crippen molar-refractivity contribution in [3.63, 3.8) is 0 Å². The van der Waals surface area contributed by atoms with Crippen molar-refractivity contribution >= 4 is 0 Å². The average Bonchev–Trinajstić information content (AvgIpc) is 2.49. The van der Waals surface area contributed by atoms with Crippen LogP contribution in [0.2, 0.25) is 0 Å². The summed E-state index contributed by atoms with van der Waals surface area (Å²) in [6.07, 6.45) is 1.01. The van der Waals surface area contributed by atoms with E-state index in [9.17, 15) is 8.78 Å². The standard InChI is InChI=1S/C18H21F2N/c1-4-11-21-13(3)14-7-5-6-8-15(14)17-16(19)10-9-12(2)18(17)20/h5-10,13,21H,4,11H2,1-3H3. The zero-order valence-electron chi connectivity index (χ0n) is 12.7. The van der Waals surface area contributed by atoms with Gasteiger partial charge in [0, 0.05) is 6.04 Å². The summed E-state index contributed by atoms with van der Waals surface area (Å²) in [6.45, 7) is 6.62. The second kappa shape index (κ2) is 6.81. The fourth-order valence-electron chi connectivity index (χ4n) is 2.48. The zero-order valence-corrected chi connectivity index (χ0v) is 12.7. The Morgan fingerprint density at radius 2 is 1.81 bits per heavy atom. The molecule has 0 heterocycles. The molecular formula is C18H21F2N. The highest BCUT2D eigenvalue weighted by atomic mass is 19.1. The largest absolute Gasteiger partial charge is 0.310 e. The molecule has 2 aromatic rings. The molecule has 2 aromatic carbocycles. The van der Waals surface area contributed by atoms with Crippen molar-refractivity contribution in [2.45, 2.75) is 33.2 Å². The monoisotopic (exact) mass is 289 g/mol. The number of rotatable bonds is 5. The number of aryl methyl sites for hydroxylation is 1. The fraction of sp³-hybridized carbons (Fsp3) is 0.333. The van der Waals surface area contributed by atoms with Crippen LogP contribution < -0.4 is 5.32 Å². The predicted octanol–water partition coefficient (Wildman–Crippen LogP) is 5.00. The number of hydrogen-bond donors (Lipinski definition) is 1. The van der Waals surface area contributed by atoms with E-state index in [0.29, 0.717) is 11.1 Å². The Hall–Kier alpha value is -1.74. The summed E-state index contributed by atoms with van der Waals surface area (Å²) in [5, 5.41) is 3.37. The van der Waals surface area contributed by atoms with Crippen LogP contribution in [0.3, 0.4) is 0 Å². The molecule has 0 fully saturated rings. The molecule has 0 saturated heterocycles. The van der Waals surface area contributed by atoms with E-state index >= 15 is 0 Å². The number of benzene rings is 2. The first-order chi connectivity index (χ1) is 10.1. The molecule has 2 rings (SSSR count). The third kappa shape index (κ3) is 3.30. The van der Waals surface area contributed by atoms with Gasteiger partial charge in [-0.15, -0.1) is 0 Å². The van der Waals surface area contributed by atoms with E-state index in [1.165, 1.54) is 12.1 Å². The highest BCUT2D eigenvalue weighted by Gasteiger charge is 2.18. The van der Waals surface area contributed by atoms with Crippen LogP contribution in [0.4, 0.5) is 8.78 Å². The molecule has 0 bridgehead atoms. The van der Waals surface area contributed by atoms with Crippen molar-refractivity contribution in [3.05, 3.63) is 59.2 Å². The molecule has 1 N–H and O–H groups in total. The van der Waals surface area contributed by atoms with E-state index in [0.717, 1.165) is 18.5 Å². The smallest absolute Gasteiger partial charge is 0.136 e. The fourth-order valence-corrected chi connectivity index (χ4v) is 2.48. The van der Waals surface area contributed by atoms with Crippen molar-refractivity contribution in [1.82, 2.24) is 5.32 Å². The molecule has 21 heavy (non-hydrogen) atoms. The van der Waals surface area contributed by atoms with Gasteiger partial charge in [0.1, 0.15) is 11.6 Å². The number of halogens is 2. The van der Waals surface area contributed by atoms with Crippen molar-refractivity contribution in [3.8, 4) is 11.1 Å². The minimum Gasteiger partial charge on any atom is -0.310 e. The van der Waals surface area contributed by atoms with Gasteiger partial charge in [0.05, 0.1) is 5.56 Å². The summed E-state index contributed by atoms with van der Waals surface area (Å²) in [5.41, 5.74) is 2.05. The van der Waals surface area contributed by atoms with Crippen LogP contribution in [0.25, 0.3) is 11.1 Å². The Morgan fingerprint density at radius 1 is 1.10 bits per heavy atom. The Kier molecular flexibility index (Phi) is 5.07. The van der Waals surface area contributed by atoms with E-state index in [2.05, 4.69) is 12.2 Å². The van der Waals surface area contributed by atoms with Crippen LogP contribution in [-0.2, 0) is 0 Å². The summed E-state index contributed by atoms with van der Waals surface area (Å²) in [5.74, 6) is -1.00. The maximum Gasteiger partial charge on any atom is 0.136 e. The van der Waals surface area contributed by atoms with Gasteiger partial charge < -0.3 is 5.32 Å². The summed E-state index contributed by atoms with van der Waals surface area (Å²) in [6, 6.07) is 10.2. The molecule has 0 amide bonds. The summed E-state index contributed by atoms with van der Waals surface area (Å²) < 4.78 is 28.5. The summed E-state index contributed by atoms with van der Waals surface area (Å²) in [7, 11) is 0. The lowest BCUT2D eigenvalue weighted by Gasteiger charge is -2.19. The SMILES string of the molecule is CCCNC(C)c1ccccc1-c1c(F)ccc(C)c1F. The van der Waals surface area contributed by atoms with Crippen LogP contribution in [0.5, 0.6) is 0 Å². The van der Waals surface area contributed by atoms with E-state index < -0.39 is 11.6 Å². The van der Waals surface area contributed by atoms with Crippen molar-refractivity contribution in [2.75, 3.05) is 6.54 Å². The Morgan fingerprint density at radius 3 is 2.52 bits per heavy atom. The lowest BCUT2D eigenvalue weighted by molar-refractivity contribution is 0.566. The van der Waals surface area contributed by atoms with Crippen LogP contribution in [0.1, 0.15) is 37.4 Å². The quantitative estimate of drug-likeness (QED) is 0.816. The molecule has 1 unspecified atom stereocenters. The number of hydrogen-bond acceptors (Lipinski definition) is 1. The van der Waals surface area contributed by atoms with Gasteiger partial charge in [0.2, 0.25) is 0 Å². The topological polar surface area (TPSA) is 12.0 Å². The van der Waals surface area contributed by atoms with Gasteiger partial charge in [0.15, 0.2) is 0 Å². The Bertz CT molecular complexity index is 623. The van der Waals surface area contributed by atoms with Crippen molar-refractivity contribution < 1.29 is 8.78 Å². The molecule has 0 aliphatic rings. The lowest BCUT2D eigenvalue weighted by Crippen LogP contribution is -2.20. The van der Waals surface area contributed by atoms with Gasteiger partial charge in [-0.1, -0.05) is 37.3 Å². The summed E-state index contributed by atoms with van der Waals surface area (Å²) >= 11 is 0. The van der Waals surface area contributed by atoms with Gasteiger partial charge in [-0.3, -0.25) is 0 Å². The molecule has 1 nitrogen and oxygen atoms in total. The molecule has 0 aliphatic carbocycles. The van der Waals surface area contributed by atoms with Gasteiger partial charge in [-0.25, -0.2) is 8.78 Å². The van der Waals surface area contributed by atoms with Gasteiger partial charge >= 0.3 is 0 Å². The second-order valence-corrected chi connectivity index (χ2v) is 5.32.